The maximum absolute atomic E-state index is 12.5. The predicted octanol–water partition coefficient (Wildman–Crippen LogP) is 1.64. The smallest absolute Gasteiger partial charge is 0.212 e. The number of nitrogens with zero attached hydrogens (tertiary/aromatic N) is 2. The number of rotatable bonds is 1. The van der Waals surface area contributed by atoms with Crippen molar-refractivity contribution >= 4 is 0 Å². The molecular weight excluding hydrogens is 167 g/mol. The van der Waals surface area contributed by atoms with Gasteiger partial charge in [0.1, 0.15) is 0 Å². The fourth-order valence-corrected chi connectivity index (χ4v) is 1.84. The lowest BCUT2D eigenvalue weighted by Gasteiger charge is -2.09. The molecule has 2 heterocycles. The lowest BCUT2D eigenvalue weighted by Crippen LogP contribution is -2.13. The van der Waals surface area contributed by atoms with Gasteiger partial charge in [0.15, 0.2) is 0 Å². The third kappa shape index (κ3) is 1.86. The van der Waals surface area contributed by atoms with Crippen molar-refractivity contribution < 1.29 is 4.39 Å². The number of hydrogen-bond acceptors (Lipinski definition) is 2. The lowest BCUT2D eigenvalue weighted by atomic mass is 10.0. The Kier molecular flexibility index (Phi) is 2.27. The van der Waals surface area contributed by atoms with Gasteiger partial charge in [0.2, 0.25) is 5.95 Å². The topological polar surface area (TPSA) is 16.1 Å². The summed E-state index contributed by atoms with van der Waals surface area (Å²) in [5.74, 6) is 0.146. The van der Waals surface area contributed by atoms with Gasteiger partial charge in [-0.3, -0.25) is 0 Å². The van der Waals surface area contributed by atoms with E-state index in [4.69, 9.17) is 0 Å². The summed E-state index contributed by atoms with van der Waals surface area (Å²) in [4.78, 5) is 5.95. The molecule has 1 aliphatic heterocycles. The SMILES string of the molecule is CN1CC[C@@H](c2ccc(F)nc2)C1. The number of likely N-dealkylation sites (N-methyl/N-ethyl adjacent to an activating group) is 1. The molecule has 70 valence electrons. The summed E-state index contributed by atoms with van der Waals surface area (Å²) in [5.41, 5.74) is 1.16. The van der Waals surface area contributed by atoms with Crippen molar-refractivity contribution in [2.24, 2.45) is 0 Å². The van der Waals surface area contributed by atoms with E-state index in [1.807, 2.05) is 6.07 Å². The minimum atomic E-state index is -0.393. The van der Waals surface area contributed by atoms with E-state index in [9.17, 15) is 4.39 Å². The van der Waals surface area contributed by atoms with Crippen LogP contribution in [0, 0.1) is 5.95 Å². The van der Waals surface area contributed by atoms with Crippen molar-refractivity contribution in [3.05, 3.63) is 29.8 Å². The lowest BCUT2D eigenvalue weighted by molar-refractivity contribution is 0.411. The van der Waals surface area contributed by atoms with Gasteiger partial charge in [-0.05, 0) is 37.6 Å². The third-order valence-electron chi connectivity index (χ3n) is 2.61. The molecule has 2 nitrogen and oxygen atoms in total. The van der Waals surface area contributed by atoms with E-state index in [1.54, 1.807) is 6.20 Å². The van der Waals surface area contributed by atoms with Crippen LogP contribution in [0.25, 0.3) is 0 Å². The van der Waals surface area contributed by atoms with Gasteiger partial charge in [0.05, 0.1) is 0 Å². The monoisotopic (exact) mass is 180 g/mol. The van der Waals surface area contributed by atoms with Crippen molar-refractivity contribution in [2.75, 3.05) is 20.1 Å². The Labute approximate surface area is 77.4 Å². The van der Waals surface area contributed by atoms with Gasteiger partial charge >= 0.3 is 0 Å². The summed E-state index contributed by atoms with van der Waals surface area (Å²) in [7, 11) is 2.11. The Morgan fingerprint density at radius 2 is 2.38 bits per heavy atom. The molecule has 1 aliphatic rings. The Morgan fingerprint density at radius 1 is 1.54 bits per heavy atom. The van der Waals surface area contributed by atoms with Crippen molar-refractivity contribution in [3.63, 3.8) is 0 Å². The van der Waals surface area contributed by atoms with Crippen LogP contribution in [-0.4, -0.2) is 30.0 Å². The van der Waals surface area contributed by atoms with Gasteiger partial charge in [-0.1, -0.05) is 6.07 Å². The Hall–Kier alpha value is -0.960. The molecule has 3 heteroatoms. The Balaban J connectivity index is 2.13. The minimum Gasteiger partial charge on any atom is -0.306 e. The summed E-state index contributed by atoms with van der Waals surface area (Å²) in [5, 5.41) is 0. The molecule has 0 N–H and O–H groups in total. The van der Waals surface area contributed by atoms with Crippen LogP contribution < -0.4 is 0 Å². The minimum absolute atomic E-state index is 0.393. The normalized spacial score (nSPS) is 23.7. The zero-order chi connectivity index (χ0) is 9.26. The van der Waals surface area contributed by atoms with Crippen molar-refractivity contribution in [3.8, 4) is 0 Å². The van der Waals surface area contributed by atoms with E-state index in [0.29, 0.717) is 5.92 Å². The second kappa shape index (κ2) is 3.42. The van der Waals surface area contributed by atoms with Crippen LogP contribution in [0.3, 0.4) is 0 Å². The molecular formula is C10H13FN2. The molecule has 1 fully saturated rings. The van der Waals surface area contributed by atoms with Gasteiger partial charge in [0.25, 0.3) is 0 Å². The highest BCUT2D eigenvalue weighted by Gasteiger charge is 2.20. The van der Waals surface area contributed by atoms with E-state index >= 15 is 0 Å². The maximum atomic E-state index is 12.5. The standard InChI is InChI=1S/C10H13FN2/c1-13-5-4-9(7-13)8-2-3-10(11)12-6-8/h2-3,6,9H,4-5,7H2,1H3/t9-/m1/s1. The van der Waals surface area contributed by atoms with Crippen molar-refractivity contribution in [1.29, 1.82) is 0 Å². The van der Waals surface area contributed by atoms with Crippen LogP contribution in [0.15, 0.2) is 18.3 Å². The molecule has 1 saturated heterocycles. The molecule has 0 bridgehead atoms. The highest BCUT2D eigenvalue weighted by atomic mass is 19.1. The van der Waals surface area contributed by atoms with E-state index in [-0.39, 0.29) is 0 Å². The first-order valence-corrected chi connectivity index (χ1v) is 4.55. The van der Waals surface area contributed by atoms with Crippen LogP contribution in [0.2, 0.25) is 0 Å². The fraction of sp³-hybridized carbons (Fsp3) is 0.500. The number of aromatic nitrogens is 1. The van der Waals surface area contributed by atoms with Gasteiger partial charge in [-0.2, -0.15) is 4.39 Å². The van der Waals surface area contributed by atoms with Gasteiger partial charge < -0.3 is 4.90 Å². The number of halogens is 1. The van der Waals surface area contributed by atoms with E-state index in [1.165, 1.54) is 6.07 Å². The summed E-state index contributed by atoms with van der Waals surface area (Å²) in [6, 6.07) is 3.28. The number of hydrogen-bond donors (Lipinski definition) is 0. The quantitative estimate of drug-likeness (QED) is 0.611. The molecule has 1 aromatic rings. The highest BCUT2D eigenvalue weighted by Crippen LogP contribution is 2.25. The summed E-state index contributed by atoms with van der Waals surface area (Å²) >= 11 is 0. The molecule has 0 saturated carbocycles. The first-order valence-electron chi connectivity index (χ1n) is 4.55. The Bertz CT molecular complexity index is 283. The highest BCUT2D eigenvalue weighted by molar-refractivity contribution is 5.16. The second-order valence-corrected chi connectivity index (χ2v) is 3.66. The molecule has 0 spiro atoms. The van der Waals surface area contributed by atoms with E-state index < -0.39 is 5.95 Å². The van der Waals surface area contributed by atoms with Crippen LogP contribution in [-0.2, 0) is 0 Å². The second-order valence-electron chi connectivity index (χ2n) is 3.66. The molecule has 13 heavy (non-hydrogen) atoms. The first kappa shape index (κ1) is 8.63. The molecule has 0 aliphatic carbocycles. The molecule has 1 atom stereocenters. The average molecular weight is 180 g/mol. The molecule has 0 aromatic carbocycles. The molecule has 1 aromatic heterocycles. The van der Waals surface area contributed by atoms with Crippen molar-refractivity contribution in [1.82, 2.24) is 9.88 Å². The molecule has 2 rings (SSSR count). The van der Waals surface area contributed by atoms with Gasteiger partial charge in [-0.25, -0.2) is 4.98 Å². The van der Waals surface area contributed by atoms with Gasteiger partial charge in [-0.15, -0.1) is 0 Å². The predicted molar refractivity (Wildman–Crippen MR) is 49.1 cm³/mol. The van der Waals surface area contributed by atoms with Gasteiger partial charge in [0, 0.05) is 12.7 Å². The van der Waals surface area contributed by atoms with Crippen LogP contribution in [0.5, 0.6) is 0 Å². The van der Waals surface area contributed by atoms with Crippen LogP contribution in [0.1, 0.15) is 17.9 Å². The summed E-state index contributed by atoms with van der Waals surface area (Å²) < 4.78 is 12.5. The summed E-state index contributed by atoms with van der Waals surface area (Å²) in [6.45, 7) is 2.19. The third-order valence-corrected chi connectivity index (χ3v) is 2.61. The first-order chi connectivity index (χ1) is 6.25. The van der Waals surface area contributed by atoms with Crippen LogP contribution >= 0.6 is 0 Å². The maximum Gasteiger partial charge on any atom is 0.212 e. The largest absolute Gasteiger partial charge is 0.306 e. The van der Waals surface area contributed by atoms with E-state index in [2.05, 4.69) is 16.9 Å². The average Bonchev–Trinajstić information content (AvgIpc) is 2.53. The number of likely N-dealkylation sites (tertiary alicyclic amines) is 1. The molecule has 0 amide bonds. The van der Waals surface area contributed by atoms with Crippen molar-refractivity contribution in [2.45, 2.75) is 12.3 Å². The fourth-order valence-electron chi connectivity index (χ4n) is 1.84. The Morgan fingerprint density at radius 3 is 2.92 bits per heavy atom. The number of pyridine rings is 1. The zero-order valence-corrected chi connectivity index (χ0v) is 7.70. The molecule has 0 radical (unpaired) electrons. The zero-order valence-electron chi connectivity index (χ0n) is 7.70. The van der Waals surface area contributed by atoms with Crippen LogP contribution in [0.4, 0.5) is 4.39 Å². The summed E-state index contributed by atoms with van der Waals surface area (Å²) in [6.07, 6.45) is 2.81. The van der Waals surface area contributed by atoms with E-state index in [0.717, 1.165) is 25.1 Å². The molecule has 0 unspecified atom stereocenters.